The van der Waals surface area contributed by atoms with E-state index in [1.807, 2.05) is 0 Å². The van der Waals surface area contributed by atoms with Crippen molar-refractivity contribution in [2.45, 2.75) is 37.8 Å². The van der Waals surface area contributed by atoms with Gasteiger partial charge in [0.25, 0.3) is 0 Å². The predicted molar refractivity (Wildman–Crippen MR) is 64.2 cm³/mol. The first-order valence-corrected chi connectivity index (χ1v) is 6.45. The first-order chi connectivity index (χ1) is 8.54. The Balaban J connectivity index is 2.12. The number of halogens is 2. The maximum Gasteiger partial charge on any atom is 0.135 e. The summed E-state index contributed by atoms with van der Waals surface area (Å²) in [6.07, 6.45) is 2.21. The van der Waals surface area contributed by atoms with Gasteiger partial charge in [-0.3, -0.25) is 4.90 Å². The van der Waals surface area contributed by atoms with Gasteiger partial charge in [-0.05, 0) is 44.4 Å². The standard InChI is InChI=1S/C14H17F2NO/c1-9-4-5-10(15)12(13(9)16)14(18)6-8-17-7-2-3-11(14)17/h4-5,11,18H,2-3,6-8H2,1H3. The van der Waals surface area contributed by atoms with E-state index in [1.165, 1.54) is 12.1 Å². The molecule has 4 heteroatoms. The van der Waals surface area contributed by atoms with E-state index >= 15 is 0 Å². The van der Waals surface area contributed by atoms with Crippen molar-refractivity contribution in [2.75, 3.05) is 13.1 Å². The summed E-state index contributed by atoms with van der Waals surface area (Å²) in [5.74, 6) is -1.22. The third kappa shape index (κ3) is 1.52. The molecule has 1 aromatic rings. The average molecular weight is 253 g/mol. The van der Waals surface area contributed by atoms with Crippen LogP contribution in [0.2, 0.25) is 0 Å². The van der Waals surface area contributed by atoms with Crippen LogP contribution in [0.25, 0.3) is 0 Å². The summed E-state index contributed by atoms with van der Waals surface area (Å²) in [4.78, 5) is 2.14. The zero-order chi connectivity index (χ0) is 12.9. The van der Waals surface area contributed by atoms with Crippen LogP contribution in [0, 0.1) is 18.6 Å². The maximum atomic E-state index is 14.2. The summed E-state index contributed by atoms with van der Waals surface area (Å²) >= 11 is 0. The average Bonchev–Trinajstić information content (AvgIpc) is 2.90. The van der Waals surface area contributed by atoms with Crippen molar-refractivity contribution in [3.8, 4) is 0 Å². The molecule has 18 heavy (non-hydrogen) atoms. The second kappa shape index (κ2) is 4.00. The van der Waals surface area contributed by atoms with Gasteiger partial charge in [-0.2, -0.15) is 0 Å². The number of hydrogen-bond acceptors (Lipinski definition) is 2. The number of fused-ring (bicyclic) bond motifs is 1. The van der Waals surface area contributed by atoms with Crippen LogP contribution in [0.15, 0.2) is 12.1 Å². The van der Waals surface area contributed by atoms with E-state index < -0.39 is 17.2 Å². The minimum atomic E-state index is -1.36. The van der Waals surface area contributed by atoms with E-state index in [2.05, 4.69) is 4.90 Å². The normalized spacial score (nSPS) is 31.9. The summed E-state index contributed by atoms with van der Waals surface area (Å²) in [6, 6.07) is 2.53. The number of hydrogen-bond donors (Lipinski definition) is 1. The number of rotatable bonds is 1. The topological polar surface area (TPSA) is 23.5 Å². The van der Waals surface area contributed by atoms with Crippen molar-refractivity contribution in [3.05, 3.63) is 34.9 Å². The van der Waals surface area contributed by atoms with Crippen molar-refractivity contribution in [1.82, 2.24) is 4.90 Å². The van der Waals surface area contributed by atoms with Gasteiger partial charge in [0.1, 0.15) is 17.2 Å². The van der Waals surface area contributed by atoms with E-state index in [0.717, 1.165) is 19.4 Å². The maximum absolute atomic E-state index is 14.2. The van der Waals surface area contributed by atoms with Gasteiger partial charge in [-0.15, -0.1) is 0 Å². The first-order valence-electron chi connectivity index (χ1n) is 6.45. The Labute approximate surface area is 105 Å². The molecule has 2 heterocycles. The SMILES string of the molecule is Cc1ccc(F)c(C2(O)CCN3CCCC32)c1F. The van der Waals surface area contributed by atoms with Crippen molar-refractivity contribution in [3.63, 3.8) is 0 Å². The molecule has 0 amide bonds. The van der Waals surface area contributed by atoms with Gasteiger partial charge in [-0.25, -0.2) is 8.78 Å². The summed E-state index contributed by atoms with van der Waals surface area (Å²) < 4.78 is 28.2. The molecule has 0 spiro atoms. The molecule has 2 atom stereocenters. The Hall–Kier alpha value is -1.00. The molecule has 0 bridgehead atoms. The lowest BCUT2D eigenvalue weighted by molar-refractivity contribution is 0.00276. The Morgan fingerprint density at radius 3 is 2.89 bits per heavy atom. The summed E-state index contributed by atoms with van der Waals surface area (Å²) in [5, 5.41) is 10.8. The quantitative estimate of drug-likeness (QED) is 0.830. The van der Waals surface area contributed by atoms with Crippen LogP contribution in [-0.2, 0) is 5.60 Å². The van der Waals surface area contributed by atoms with Gasteiger partial charge in [0, 0.05) is 12.6 Å². The molecule has 0 aromatic heterocycles. The highest BCUT2D eigenvalue weighted by Gasteiger charge is 2.51. The molecule has 2 aliphatic heterocycles. The highest BCUT2D eigenvalue weighted by molar-refractivity contribution is 5.34. The Kier molecular flexibility index (Phi) is 2.68. The molecule has 2 saturated heterocycles. The molecule has 0 aliphatic carbocycles. The van der Waals surface area contributed by atoms with Crippen LogP contribution in [-0.4, -0.2) is 29.1 Å². The number of nitrogens with zero attached hydrogens (tertiary/aromatic N) is 1. The molecule has 3 rings (SSSR count). The van der Waals surface area contributed by atoms with Gasteiger partial charge < -0.3 is 5.11 Å². The summed E-state index contributed by atoms with van der Waals surface area (Å²) in [7, 11) is 0. The van der Waals surface area contributed by atoms with Crippen LogP contribution in [0.3, 0.4) is 0 Å². The fraction of sp³-hybridized carbons (Fsp3) is 0.571. The lowest BCUT2D eigenvalue weighted by Gasteiger charge is -2.31. The van der Waals surface area contributed by atoms with Crippen LogP contribution >= 0.6 is 0 Å². The number of aryl methyl sites for hydroxylation is 1. The first kappa shape index (κ1) is 12.1. The largest absolute Gasteiger partial charge is 0.383 e. The Morgan fingerprint density at radius 2 is 2.11 bits per heavy atom. The summed E-state index contributed by atoms with van der Waals surface area (Å²) in [5.41, 5.74) is -1.11. The van der Waals surface area contributed by atoms with E-state index in [1.54, 1.807) is 6.92 Å². The van der Waals surface area contributed by atoms with Crippen molar-refractivity contribution >= 4 is 0 Å². The van der Waals surface area contributed by atoms with E-state index in [4.69, 9.17) is 0 Å². The molecular weight excluding hydrogens is 236 g/mol. The molecule has 2 fully saturated rings. The van der Waals surface area contributed by atoms with Crippen molar-refractivity contribution < 1.29 is 13.9 Å². The van der Waals surface area contributed by atoms with Crippen LogP contribution in [0.5, 0.6) is 0 Å². The highest BCUT2D eigenvalue weighted by atomic mass is 19.1. The second-order valence-corrected chi connectivity index (χ2v) is 5.42. The molecule has 2 aliphatic rings. The zero-order valence-corrected chi connectivity index (χ0v) is 10.4. The molecule has 1 aromatic carbocycles. The molecule has 1 N–H and O–H groups in total. The minimum absolute atomic E-state index is 0.128. The van der Waals surface area contributed by atoms with E-state index in [9.17, 15) is 13.9 Å². The zero-order valence-electron chi connectivity index (χ0n) is 10.4. The molecule has 0 saturated carbocycles. The monoisotopic (exact) mass is 253 g/mol. The Morgan fingerprint density at radius 1 is 1.33 bits per heavy atom. The van der Waals surface area contributed by atoms with Crippen LogP contribution in [0.1, 0.15) is 30.4 Å². The van der Waals surface area contributed by atoms with Crippen LogP contribution in [0.4, 0.5) is 8.78 Å². The van der Waals surface area contributed by atoms with Gasteiger partial charge in [-0.1, -0.05) is 6.07 Å². The lowest BCUT2D eigenvalue weighted by atomic mass is 9.84. The van der Waals surface area contributed by atoms with Gasteiger partial charge in [0.05, 0.1) is 5.56 Å². The van der Waals surface area contributed by atoms with Gasteiger partial charge in [0.2, 0.25) is 0 Å². The Bertz CT molecular complexity index is 491. The van der Waals surface area contributed by atoms with Gasteiger partial charge in [0.15, 0.2) is 0 Å². The summed E-state index contributed by atoms with van der Waals surface area (Å²) in [6.45, 7) is 3.24. The third-order valence-electron chi connectivity index (χ3n) is 4.41. The van der Waals surface area contributed by atoms with Crippen LogP contribution < -0.4 is 0 Å². The number of benzene rings is 1. The van der Waals surface area contributed by atoms with E-state index in [0.29, 0.717) is 18.5 Å². The lowest BCUT2D eigenvalue weighted by Crippen LogP contribution is -2.40. The fourth-order valence-corrected chi connectivity index (χ4v) is 3.46. The van der Waals surface area contributed by atoms with Crippen molar-refractivity contribution in [2.24, 2.45) is 0 Å². The predicted octanol–water partition coefficient (Wildman–Crippen LogP) is 2.33. The molecule has 2 unspecified atom stereocenters. The molecule has 98 valence electrons. The van der Waals surface area contributed by atoms with E-state index in [-0.39, 0.29) is 11.6 Å². The smallest absolute Gasteiger partial charge is 0.135 e. The third-order valence-corrected chi connectivity index (χ3v) is 4.41. The molecular formula is C14H17F2NO. The number of aliphatic hydroxyl groups is 1. The van der Waals surface area contributed by atoms with Crippen molar-refractivity contribution in [1.29, 1.82) is 0 Å². The minimum Gasteiger partial charge on any atom is -0.383 e. The second-order valence-electron chi connectivity index (χ2n) is 5.42. The fourth-order valence-electron chi connectivity index (χ4n) is 3.46. The molecule has 2 nitrogen and oxygen atoms in total. The van der Waals surface area contributed by atoms with Gasteiger partial charge >= 0.3 is 0 Å². The highest BCUT2D eigenvalue weighted by Crippen LogP contribution is 2.44. The molecule has 0 radical (unpaired) electrons.